The Morgan fingerprint density at radius 2 is 1.70 bits per heavy atom. The predicted octanol–water partition coefficient (Wildman–Crippen LogP) is 5.75. The molecule has 0 aromatic heterocycles. The third kappa shape index (κ3) is 7.20. The van der Waals surface area contributed by atoms with Gasteiger partial charge in [0.05, 0.1) is 6.04 Å². The van der Waals surface area contributed by atoms with Gasteiger partial charge in [-0.2, -0.15) is 0 Å². The standard InChI is InChI=1S/C51H66N4O9/c1-8-10-11-12-15-29(3)24-30(4)18-23-39(58)52-36-27-51(42-40(62-42)50(61,26-31(5)56)41-43(51)63-41)64-46(36)55-37-17-14-13-16-34(37)49(48(6,7)9-2)28-38-44(59)53-35(45(60)54(38)47(49)55)25-32-19-21-33(57)22-20-32/h9,13-14,16-23,29-30,35-36,38,40-43,46-47,57,61H,2,8,10-12,15,24-28H2,1,3-7H3,(H,52,58)(H,53,59). The Kier molecular flexibility index (Phi) is 11.4. The van der Waals surface area contributed by atoms with Crippen molar-refractivity contribution in [3.8, 4) is 5.75 Å². The number of ketones is 1. The van der Waals surface area contributed by atoms with Crippen molar-refractivity contribution < 1.29 is 43.6 Å². The molecule has 4 N–H and O–H groups in total. The molecule has 9 rings (SSSR count). The monoisotopic (exact) mass is 878 g/mol. The summed E-state index contributed by atoms with van der Waals surface area (Å²) >= 11 is 0. The highest BCUT2D eigenvalue weighted by molar-refractivity contribution is 5.99. The first-order chi connectivity index (χ1) is 30.5. The first-order valence-corrected chi connectivity index (χ1v) is 23.6. The van der Waals surface area contributed by atoms with E-state index in [9.17, 15) is 24.6 Å². The summed E-state index contributed by atoms with van der Waals surface area (Å²) in [5, 5.41) is 28.2. The number of benzene rings is 2. The maximum Gasteiger partial charge on any atom is 0.247 e. The molecule has 2 aromatic carbocycles. The first-order valence-electron chi connectivity index (χ1n) is 23.6. The molecule has 12 unspecified atom stereocenters. The third-order valence-electron chi connectivity index (χ3n) is 15.9. The number of para-hydroxylation sites is 1. The van der Waals surface area contributed by atoms with Crippen molar-refractivity contribution in [2.24, 2.45) is 17.3 Å². The molecule has 0 radical (unpaired) electrons. The minimum Gasteiger partial charge on any atom is -0.508 e. The van der Waals surface area contributed by atoms with Crippen molar-refractivity contribution in [1.82, 2.24) is 15.5 Å². The van der Waals surface area contributed by atoms with Crippen molar-refractivity contribution in [2.45, 2.75) is 177 Å². The summed E-state index contributed by atoms with van der Waals surface area (Å²) in [5.41, 5.74) is -1.56. The SMILES string of the molecule is C=CC(C)(C)C12CC3C(=O)NC(Cc4ccc(O)cc4)C(=O)N3C1N(C1OC3(CC1NC(=O)C=CC(C)CC(C)CCCCCC)C1OC1C(O)(CC(C)=O)C1OC13)c1ccccc12. The van der Waals surface area contributed by atoms with Crippen LogP contribution in [-0.4, -0.2) is 105 Å². The molecule has 1 saturated carbocycles. The number of allylic oxidation sites excluding steroid dienone is 2. The molecule has 1 spiro atoms. The Morgan fingerprint density at radius 1 is 1.00 bits per heavy atom. The highest BCUT2D eigenvalue weighted by Crippen LogP contribution is 2.67. The number of unbranched alkanes of at least 4 members (excludes halogenated alkanes) is 3. The van der Waals surface area contributed by atoms with E-state index in [0.29, 0.717) is 12.3 Å². The number of nitrogens with zero attached hydrogens (tertiary/aromatic N) is 2. The molecule has 344 valence electrons. The van der Waals surface area contributed by atoms with Gasteiger partial charge in [-0.25, -0.2) is 0 Å². The lowest BCUT2D eigenvalue weighted by Gasteiger charge is -2.48. The maximum atomic E-state index is 15.2. The summed E-state index contributed by atoms with van der Waals surface area (Å²) in [6.45, 7) is 16.6. The number of anilines is 1. The second-order valence-corrected chi connectivity index (χ2v) is 20.7. The fourth-order valence-electron chi connectivity index (χ4n) is 12.6. The Balaban J connectivity index is 1.09. The average Bonchev–Trinajstić information content (AvgIpc) is 4.16. The van der Waals surface area contributed by atoms with Crippen LogP contribution in [0.1, 0.15) is 110 Å². The van der Waals surface area contributed by atoms with E-state index >= 15 is 4.79 Å². The van der Waals surface area contributed by atoms with Gasteiger partial charge in [0.15, 0.2) is 6.23 Å². The molecule has 6 heterocycles. The Bertz CT molecular complexity index is 2190. The number of nitrogens with one attached hydrogen (secondary N) is 2. The molecule has 3 amide bonds. The quantitative estimate of drug-likeness (QED) is 0.0664. The molecule has 0 bridgehead atoms. The molecule has 5 saturated heterocycles. The van der Waals surface area contributed by atoms with E-state index in [1.54, 1.807) is 35.2 Å². The van der Waals surface area contributed by atoms with Crippen LogP contribution in [0, 0.1) is 17.3 Å². The van der Waals surface area contributed by atoms with E-state index in [0.717, 1.165) is 29.7 Å². The lowest BCUT2D eigenvalue weighted by atomic mass is 9.60. The van der Waals surface area contributed by atoms with Crippen LogP contribution in [0.2, 0.25) is 0 Å². The maximum absolute atomic E-state index is 15.2. The van der Waals surface area contributed by atoms with Crippen LogP contribution in [0.5, 0.6) is 5.75 Å². The third-order valence-corrected chi connectivity index (χ3v) is 15.9. The molecule has 12 atom stereocenters. The number of hydrogen-bond acceptors (Lipinski definition) is 10. The Morgan fingerprint density at radius 3 is 2.38 bits per heavy atom. The van der Waals surface area contributed by atoms with Gasteiger partial charge < -0.3 is 44.9 Å². The zero-order chi connectivity index (χ0) is 45.5. The van der Waals surface area contributed by atoms with Crippen LogP contribution in [0.15, 0.2) is 73.3 Å². The van der Waals surface area contributed by atoms with E-state index in [1.165, 1.54) is 32.6 Å². The van der Waals surface area contributed by atoms with Crippen LogP contribution in [0.4, 0.5) is 5.69 Å². The number of phenols is 1. The van der Waals surface area contributed by atoms with E-state index < -0.39 is 77.0 Å². The minimum absolute atomic E-state index is 0.106. The van der Waals surface area contributed by atoms with Gasteiger partial charge in [-0.05, 0) is 72.4 Å². The number of aromatic hydroxyl groups is 1. The van der Waals surface area contributed by atoms with Gasteiger partial charge in [-0.1, -0.05) is 109 Å². The fourth-order valence-corrected chi connectivity index (χ4v) is 12.6. The first kappa shape index (κ1) is 44.6. The van der Waals surface area contributed by atoms with Crippen molar-refractivity contribution in [3.63, 3.8) is 0 Å². The highest BCUT2D eigenvalue weighted by atomic mass is 16.7. The van der Waals surface area contributed by atoms with Crippen LogP contribution >= 0.6 is 0 Å². The molecule has 1 aliphatic carbocycles. The van der Waals surface area contributed by atoms with Gasteiger partial charge in [0.2, 0.25) is 17.7 Å². The summed E-state index contributed by atoms with van der Waals surface area (Å²) in [6, 6.07) is 12.3. The second kappa shape index (κ2) is 16.4. The van der Waals surface area contributed by atoms with Crippen molar-refractivity contribution in [3.05, 3.63) is 84.5 Å². The van der Waals surface area contributed by atoms with E-state index in [2.05, 4.69) is 62.8 Å². The predicted molar refractivity (Wildman–Crippen MR) is 240 cm³/mol. The largest absolute Gasteiger partial charge is 0.508 e. The summed E-state index contributed by atoms with van der Waals surface area (Å²) in [5.74, 6) is -0.124. The number of carbonyl (C=O) groups is 4. The zero-order valence-electron chi connectivity index (χ0n) is 38.1. The van der Waals surface area contributed by atoms with Gasteiger partial charge in [0.1, 0.15) is 65.4 Å². The molecule has 2 aromatic rings. The number of phenolic OH excluding ortho intramolecular Hbond substituents is 1. The molecule has 6 fully saturated rings. The molecular weight excluding hydrogens is 813 g/mol. The minimum atomic E-state index is -1.50. The summed E-state index contributed by atoms with van der Waals surface area (Å²) < 4.78 is 20.0. The fraction of sp³-hybridized carbons (Fsp3) is 0.608. The lowest BCUT2D eigenvalue weighted by molar-refractivity contribution is -0.150. The number of hydrogen-bond donors (Lipinski definition) is 4. The van der Waals surface area contributed by atoms with Gasteiger partial charge in [-0.15, -0.1) is 6.58 Å². The van der Waals surface area contributed by atoms with Crippen LogP contribution in [0.25, 0.3) is 0 Å². The van der Waals surface area contributed by atoms with Gasteiger partial charge in [-0.3, -0.25) is 19.2 Å². The topological polar surface area (TPSA) is 174 Å². The number of carbonyl (C=O) groups excluding carboxylic acids is 4. The zero-order valence-corrected chi connectivity index (χ0v) is 38.1. The number of fused-ring (bicyclic) bond motifs is 9. The molecule has 7 aliphatic rings. The van der Waals surface area contributed by atoms with E-state index in [-0.39, 0.29) is 54.4 Å². The lowest BCUT2D eigenvalue weighted by Crippen LogP contribution is -2.68. The number of aliphatic hydroxyl groups is 1. The molecule has 13 nitrogen and oxygen atoms in total. The van der Waals surface area contributed by atoms with Gasteiger partial charge >= 0.3 is 0 Å². The van der Waals surface area contributed by atoms with Crippen LogP contribution in [0.3, 0.4) is 0 Å². The molecule has 6 aliphatic heterocycles. The number of epoxide rings is 2. The molecule has 13 heteroatoms. The van der Waals surface area contributed by atoms with Crippen molar-refractivity contribution in [2.75, 3.05) is 4.90 Å². The van der Waals surface area contributed by atoms with Crippen LogP contribution in [-0.2, 0) is 45.2 Å². The van der Waals surface area contributed by atoms with E-state index in [4.69, 9.17) is 14.2 Å². The summed E-state index contributed by atoms with van der Waals surface area (Å²) in [4.78, 5) is 60.1. The summed E-state index contributed by atoms with van der Waals surface area (Å²) in [7, 11) is 0. The van der Waals surface area contributed by atoms with Gasteiger partial charge in [0.25, 0.3) is 0 Å². The Labute approximate surface area is 376 Å². The number of ether oxygens (including phenoxy) is 3. The normalized spacial score (nSPS) is 36.5. The average molecular weight is 879 g/mol. The smallest absolute Gasteiger partial charge is 0.247 e. The highest BCUT2D eigenvalue weighted by Gasteiger charge is 2.84. The number of amides is 3. The summed E-state index contributed by atoms with van der Waals surface area (Å²) in [6.07, 6.45) is 9.00. The number of piperazine rings is 1. The van der Waals surface area contributed by atoms with Crippen molar-refractivity contribution >= 4 is 29.2 Å². The Hall–Kier alpha value is -4.56. The molecular formula is C51H66N4O9. The number of rotatable bonds is 17. The van der Waals surface area contributed by atoms with Crippen LogP contribution < -0.4 is 15.5 Å². The van der Waals surface area contributed by atoms with Crippen molar-refractivity contribution in [1.29, 1.82) is 0 Å². The van der Waals surface area contributed by atoms with Gasteiger partial charge in [0, 0.05) is 30.4 Å². The van der Waals surface area contributed by atoms with E-state index in [1.807, 2.05) is 30.4 Å². The number of Topliss-reactive ketones (excluding diaryl/α,β-unsaturated/α-hetero) is 1. The second-order valence-electron chi connectivity index (χ2n) is 20.7. The molecule has 64 heavy (non-hydrogen) atoms.